The minimum absolute atomic E-state index is 0.114. The van der Waals surface area contributed by atoms with Crippen LogP contribution in [-0.4, -0.2) is 40.8 Å². The zero-order chi connectivity index (χ0) is 13.1. The number of hydrogen-bond acceptors (Lipinski definition) is 3. The van der Waals surface area contributed by atoms with Gasteiger partial charge in [0.1, 0.15) is 6.04 Å². The third-order valence-corrected chi connectivity index (χ3v) is 3.31. The van der Waals surface area contributed by atoms with Crippen molar-refractivity contribution in [2.45, 2.75) is 19.4 Å². The highest BCUT2D eigenvalue weighted by molar-refractivity contribution is 6.33. The Morgan fingerprint density at radius 2 is 2.44 bits per heavy atom. The van der Waals surface area contributed by atoms with E-state index in [1.54, 1.807) is 11.0 Å². The molecule has 0 spiro atoms. The number of piperazine rings is 1. The maximum absolute atomic E-state index is 12.4. The molecule has 18 heavy (non-hydrogen) atoms. The van der Waals surface area contributed by atoms with Crippen molar-refractivity contribution >= 4 is 23.4 Å². The first-order chi connectivity index (χ1) is 8.65. The van der Waals surface area contributed by atoms with Gasteiger partial charge >= 0.3 is 0 Å². The van der Waals surface area contributed by atoms with Crippen LogP contribution in [0.15, 0.2) is 18.5 Å². The monoisotopic (exact) mass is 267 g/mol. The van der Waals surface area contributed by atoms with Gasteiger partial charge in [0.15, 0.2) is 0 Å². The number of aromatic nitrogens is 1. The Kier molecular flexibility index (Phi) is 3.81. The molecule has 1 aliphatic rings. The van der Waals surface area contributed by atoms with Crippen molar-refractivity contribution < 1.29 is 9.59 Å². The van der Waals surface area contributed by atoms with E-state index in [2.05, 4.69) is 10.3 Å². The van der Waals surface area contributed by atoms with Crippen LogP contribution < -0.4 is 5.32 Å². The topological polar surface area (TPSA) is 62.3 Å². The average Bonchev–Trinajstić information content (AvgIpc) is 2.38. The summed E-state index contributed by atoms with van der Waals surface area (Å²) in [4.78, 5) is 29.5. The molecule has 0 aliphatic carbocycles. The van der Waals surface area contributed by atoms with Gasteiger partial charge in [-0.15, -0.1) is 0 Å². The predicted octanol–water partition coefficient (Wildman–Crippen LogP) is 1.09. The van der Waals surface area contributed by atoms with Crippen LogP contribution in [0.1, 0.15) is 23.7 Å². The third kappa shape index (κ3) is 2.31. The first-order valence-electron chi connectivity index (χ1n) is 5.83. The Morgan fingerprint density at radius 1 is 1.67 bits per heavy atom. The van der Waals surface area contributed by atoms with Gasteiger partial charge in [0.05, 0.1) is 10.6 Å². The van der Waals surface area contributed by atoms with E-state index in [0.29, 0.717) is 30.1 Å². The van der Waals surface area contributed by atoms with Crippen LogP contribution in [0.2, 0.25) is 5.02 Å². The van der Waals surface area contributed by atoms with Gasteiger partial charge in [-0.25, -0.2) is 0 Å². The van der Waals surface area contributed by atoms with Crippen LogP contribution in [-0.2, 0) is 4.79 Å². The van der Waals surface area contributed by atoms with Crippen LogP contribution in [0.3, 0.4) is 0 Å². The second-order valence-corrected chi connectivity index (χ2v) is 4.48. The lowest BCUT2D eigenvalue weighted by Gasteiger charge is -2.34. The number of carbonyl (C=O) groups is 2. The maximum Gasteiger partial charge on any atom is 0.257 e. The van der Waals surface area contributed by atoms with E-state index in [1.165, 1.54) is 12.4 Å². The van der Waals surface area contributed by atoms with Gasteiger partial charge in [-0.05, 0) is 12.5 Å². The molecule has 96 valence electrons. The first kappa shape index (κ1) is 12.8. The molecular weight excluding hydrogens is 254 g/mol. The molecule has 1 saturated heterocycles. The number of amides is 2. The zero-order valence-corrected chi connectivity index (χ0v) is 10.8. The molecule has 2 rings (SSSR count). The highest BCUT2D eigenvalue weighted by Crippen LogP contribution is 2.19. The number of halogens is 1. The summed E-state index contributed by atoms with van der Waals surface area (Å²) in [7, 11) is 0. The fourth-order valence-electron chi connectivity index (χ4n) is 2.05. The molecule has 5 nitrogen and oxygen atoms in total. The minimum Gasteiger partial charge on any atom is -0.353 e. The molecule has 0 radical (unpaired) electrons. The molecule has 2 heterocycles. The van der Waals surface area contributed by atoms with Crippen molar-refractivity contribution in [1.29, 1.82) is 0 Å². The lowest BCUT2D eigenvalue weighted by atomic mass is 10.1. The van der Waals surface area contributed by atoms with Crippen LogP contribution in [0.25, 0.3) is 0 Å². The van der Waals surface area contributed by atoms with Gasteiger partial charge in [0.2, 0.25) is 5.91 Å². The summed E-state index contributed by atoms with van der Waals surface area (Å²) < 4.78 is 0. The maximum atomic E-state index is 12.4. The molecule has 1 unspecified atom stereocenters. The van der Waals surface area contributed by atoms with Crippen molar-refractivity contribution in [2.24, 2.45) is 0 Å². The highest BCUT2D eigenvalue weighted by atomic mass is 35.5. The quantitative estimate of drug-likeness (QED) is 0.872. The van der Waals surface area contributed by atoms with E-state index in [1.807, 2.05) is 6.92 Å². The Balaban J connectivity index is 2.27. The van der Waals surface area contributed by atoms with Gasteiger partial charge in [0, 0.05) is 25.5 Å². The number of pyridine rings is 1. The Bertz CT molecular complexity index is 478. The second-order valence-electron chi connectivity index (χ2n) is 4.07. The fraction of sp³-hybridized carbons (Fsp3) is 0.417. The highest BCUT2D eigenvalue weighted by Gasteiger charge is 2.32. The Labute approximate surface area is 110 Å². The summed E-state index contributed by atoms with van der Waals surface area (Å²) in [5, 5.41) is 3.11. The van der Waals surface area contributed by atoms with E-state index in [9.17, 15) is 9.59 Å². The summed E-state index contributed by atoms with van der Waals surface area (Å²) >= 11 is 5.98. The van der Waals surface area contributed by atoms with E-state index in [0.717, 1.165) is 0 Å². The minimum atomic E-state index is -0.428. The normalized spacial score (nSPS) is 19.6. The molecule has 1 aliphatic heterocycles. The van der Waals surface area contributed by atoms with Gasteiger partial charge < -0.3 is 10.2 Å². The van der Waals surface area contributed by atoms with Crippen LogP contribution in [0, 0.1) is 0 Å². The lowest BCUT2D eigenvalue weighted by Crippen LogP contribution is -2.56. The molecule has 0 saturated carbocycles. The zero-order valence-electron chi connectivity index (χ0n) is 10.0. The van der Waals surface area contributed by atoms with Gasteiger partial charge in [-0.3, -0.25) is 14.6 Å². The van der Waals surface area contributed by atoms with Crippen molar-refractivity contribution in [3.8, 4) is 0 Å². The van der Waals surface area contributed by atoms with Crippen molar-refractivity contribution in [1.82, 2.24) is 15.2 Å². The summed E-state index contributed by atoms with van der Waals surface area (Å²) in [6.45, 7) is 2.84. The molecule has 1 N–H and O–H groups in total. The molecule has 0 aromatic carbocycles. The van der Waals surface area contributed by atoms with Crippen LogP contribution in [0.5, 0.6) is 0 Å². The summed E-state index contributed by atoms with van der Waals surface area (Å²) in [6, 6.07) is 1.14. The largest absolute Gasteiger partial charge is 0.353 e. The predicted molar refractivity (Wildman–Crippen MR) is 67.4 cm³/mol. The van der Waals surface area contributed by atoms with Gasteiger partial charge in [-0.2, -0.15) is 0 Å². The van der Waals surface area contributed by atoms with Gasteiger partial charge in [-0.1, -0.05) is 18.5 Å². The number of carbonyl (C=O) groups excluding carboxylic acids is 2. The van der Waals surface area contributed by atoms with Crippen molar-refractivity contribution in [3.05, 3.63) is 29.0 Å². The lowest BCUT2D eigenvalue weighted by molar-refractivity contribution is -0.127. The molecule has 1 aromatic rings. The molecule has 2 amide bonds. The molecule has 0 bridgehead atoms. The summed E-state index contributed by atoms with van der Waals surface area (Å²) in [5.41, 5.74) is 0.340. The Morgan fingerprint density at radius 3 is 3.11 bits per heavy atom. The average molecular weight is 268 g/mol. The molecule has 1 fully saturated rings. The van der Waals surface area contributed by atoms with Gasteiger partial charge in [0.25, 0.3) is 5.91 Å². The number of nitrogens with zero attached hydrogens (tertiary/aromatic N) is 2. The summed E-state index contributed by atoms with van der Waals surface area (Å²) in [5.74, 6) is -0.355. The van der Waals surface area contributed by atoms with E-state index in [4.69, 9.17) is 11.6 Å². The number of hydrogen-bond donors (Lipinski definition) is 1. The van der Waals surface area contributed by atoms with Crippen molar-refractivity contribution in [2.75, 3.05) is 13.1 Å². The smallest absolute Gasteiger partial charge is 0.257 e. The molecule has 6 heteroatoms. The standard InChI is InChI=1S/C12H14ClN3O2/c1-2-10-11(17)15-5-6-16(10)12(18)8-7-14-4-3-9(8)13/h3-4,7,10H,2,5-6H2,1H3,(H,15,17). The number of nitrogens with one attached hydrogen (secondary N) is 1. The van der Waals surface area contributed by atoms with Crippen molar-refractivity contribution in [3.63, 3.8) is 0 Å². The third-order valence-electron chi connectivity index (χ3n) is 2.98. The fourth-order valence-corrected chi connectivity index (χ4v) is 2.24. The van der Waals surface area contributed by atoms with Crippen LogP contribution in [0.4, 0.5) is 0 Å². The summed E-state index contributed by atoms with van der Waals surface area (Å²) in [6.07, 6.45) is 3.54. The Hall–Kier alpha value is -1.62. The van der Waals surface area contributed by atoms with E-state index < -0.39 is 6.04 Å². The second kappa shape index (κ2) is 5.35. The first-order valence-corrected chi connectivity index (χ1v) is 6.21. The molecule has 1 atom stereocenters. The van der Waals surface area contributed by atoms with E-state index in [-0.39, 0.29) is 11.8 Å². The van der Waals surface area contributed by atoms with Crippen LogP contribution >= 0.6 is 11.6 Å². The molecular formula is C12H14ClN3O2. The van der Waals surface area contributed by atoms with E-state index >= 15 is 0 Å². The SMILES string of the molecule is CCC1C(=O)NCCN1C(=O)c1cnccc1Cl. The number of rotatable bonds is 2. The molecule has 1 aromatic heterocycles.